The van der Waals surface area contributed by atoms with Crippen molar-refractivity contribution in [2.75, 3.05) is 13.2 Å². The highest BCUT2D eigenvalue weighted by Crippen LogP contribution is 2.52. The van der Waals surface area contributed by atoms with E-state index in [2.05, 4.69) is 5.92 Å². The molecular formula is C9H13NO. The zero-order valence-electron chi connectivity index (χ0n) is 6.49. The van der Waals surface area contributed by atoms with E-state index in [0.29, 0.717) is 5.92 Å². The Morgan fingerprint density at radius 3 is 2.73 bits per heavy atom. The van der Waals surface area contributed by atoms with E-state index >= 15 is 0 Å². The van der Waals surface area contributed by atoms with Gasteiger partial charge in [0, 0.05) is 12.5 Å². The lowest BCUT2D eigenvalue weighted by atomic mass is 10.1. The molecule has 2 heteroatoms. The van der Waals surface area contributed by atoms with Gasteiger partial charge in [-0.2, -0.15) is 0 Å². The third-order valence-corrected chi connectivity index (χ3v) is 2.87. The first kappa shape index (κ1) is 7.15. The largest absolute Gasteiger partial charge is 0.381 e. The normalized spacial score (nSPS) is 42.7. The average molecular weight is 151 g/mol. The van der Waals surface area contributed by atoms with Crippen LogP contribution in [0.1, 0.15) is 6.42 Å². The highest BCUT2D eigenvalue weighted by atomic mass is 16.5. The summed E-state index contributed by atoms with van der Waals surface area (Å²) in [5.74, 6) is 4.75. The highest BCUT2D eigenvalue weighted by Gasteiger charge is 2.55. The molecule has 2 rings (SSSR count). The molecule has 1 saturated heterocycles. The summed E-state index contributed by atoms with van der Waals surface area (Å²) in [6, 6.07) is 0.221. The second kappa shape index (κ2) is 2.51. The topological polar surface area (TPSA) is 35.2 Å². The summed E-state index contributed by atoms with van der Waals surface area (Å²) in [6.45, 7) is 1.82. The van der Waals surface area contributed by atoms with Crippen LogP contribution in [0.15, 0.2) is 0 Å². The van der Waals surface area contributed by atoms with Gasteiger partial charge in [-0.3, -0.25) is 0 Å². The third kappa shape index (κ3) is 1.05. The van der Waals surface area contributed by atoms with Crippen molar-refractivity contribution in [2.24, 2.45) is 23.5 Å². The van der Waals surface area contributed by atoms with Crippen molar-refractivity contribution in [1.82, 2.24) is 0 Å². The molecule has 2 nitrogen and oxygen atoms in total. The van der Waals surface area contributed by atoms with Gasteiger partial charge in [0.2, 0.25) is 0 Å². The second-order valence-electron chi connectivity index (χ2n) is 3.51. The highest BCUT2D eigenvalue weighted by molar-refractivity contribution is 5.07. The van der Waals surface area contributed by atoms with E-state index in [-0.39, 0.29) is 6.04 Å². The molecule has 2 aliphatic rings. The first-order chi connectivity index (χ1) is 5.34. The van der Waals surface area contributed by atoms with Crippen LogP contribution in [0.25, 0.3) is 0 Å². The minimum absolute atomic E-state index is 0.221. The number of hydrogen-bond donors (Lipinski definition) is 1. The molecule has 60 valence electrons. The van der Waals surface area contributed by atoms with Gasteiger partial charge in [-0.05, 0) is 17.8 Å². The van der Waals surface area contributed by atoms with E-state index in [4.69, 9.17) is 16.9 Å². The van der Waals surface area contributed by atoms with Crippen LogP contribution in [0, 0.1) is 30.1 Å². The standard InChI is InChI=1S/C9H13NO/c1-2-3-8(10)9-6-4-11-5-7(6)9/h1,6-9H,3-5,10H2. The summed E-state index contributed by atoms with van der Waals surface area (Å²) in [5, 5.41) is 0. The van der Waals surface area contributed by atoms with Gasteiger partial charge in [0.1, 0.15) is 0 Å². The third-order valence-electron chi connectivity index (χ3n) is 2.87. The molecule has 11 heavy (non-hydrogen) atoms. The summed E-state index contributed by atoms with van der Waals surface area (Å²) < 4.78 is 5.26. The van der Waals surface area contributed by atoms with Crippen LogP contribution in [-0.2, 0) is 4.74 Å². The Morgan fingerprint density at radius 1 is 1.55 bits per heavy atom. The quantitative estimate of drug-likeness (QED) is 0.573. The van der Waals surface area contributed by atoms with Gasteiger partial charge < -0.3 is 10.5 Å². The van der Waals surface area contributed by atoms with Crippen molar-refractivity contribution in [2.45, 2.75) is 12.5 Å². The summed E-state index contributed by atoms with van der Waals surface area (Å²) >= 11 is 0. The molecule has 0 radical (unpaired) electrons. The summed E-state index contributed by atoms with van der Waals surface area (Å²) in [5.41, 5.74) is 5.88. The molecule has 1 aliphatic heterocycles. The molecule has 0 bridgehead atoms. The van der Waals surface area contributed by atoms with E-state index in [1.165, 1.54) is 0 Å². The van der Waals surface area contributed by atoms with Crippen LogP contribution in [-0.4, -0.2) is 19.3 Å². The summed E-state index contributed by atoms with van der Waals surface area (Å²) in [7, 11) is 0. The Labute approximate surface area is 67.1 Å². The lowest BCUT2D eigenvalue weighted by Crippen LogP contribution is -2.25. The molecule has 0 amide bonds. The minimum Gasteiger partial charge on any atom is -0.381 e. The maximum absolute atomic E-state index is 5.88. The number of terminal acetylenes is 1. The minimum atomic E-state index is 0.221. The molecule has 0 aromatic heterocycles. The van der Waals surface area contributed by atoms with E-state index in [1.807, 2.05) is 0 Å². The smallest absolute Gasteiger partial charge is 0.0501 e. The molecule has 3 unspecified atom stereocenters. The molecule has 1 saturated carbocycles. The lowest BCUT2D eigenvalue weighted by molar-refractivity contribution is 0.146. The van der Waals surface area contributed by atoms with Gasteiger partial charge in [0.25, 0.3) is 0 Å². The molecule has 2 fully saturated rings. The average Bonchev–Trinajstić information content (AvgIpc) is 2.47. The molecule has 0 aromatic rings. The van der Waals surface area contributed by atoms with Gasteiger partial charge in [0.15, 0.2) is 0 Å². The van der Waals surface area contributed by atoms with Crippen LogP contribution in [0.4, 0.5) is 0 Å². The van der Waals surface area contributed by atoms with Crippen molar-refractivity contribution in [3.05, 3.63) is 0 Å². The molecule has 3 atom stereocenters. The maximum atomic E-state index is 5.88. The molecular weight excluding hydrogens is 138 g/mol. The van der Waals surface area contributed by atoms with Crippen LogP contribution in [0.2, 0.25) is 0 Å². The Hall–Kier alpha value is -0.520. The van der Waals surface area contributed by atoms with Gasteiger partial charge in [0.05, 0.1) is 13.2 Å². The van der Waals surface area contributed by atoms with Crippen molar-refractivity contribution >= 4 is 0 Å². The SMILES string of the molecule is C#CCC(N)C1C2COCC21. The number of hydrogen-bond acceptors (Lipinski definition) is 2. The summed E-state index contributed by atoms with van der Waals surface area (Å²) in [4.78, 5) is 0. The van der Waals surface area contributed by atoms with E-state index < -0.39 is 0 Å². The number of rotatable bonds is 2. The van der Waals surface area contributed by atoms with Crippen molar-refractivity contribution in [1.29, 1.82) is 0 Å². The predicted molar refractivity (Wildman–Crippen MR) is 42.7 cm³/mol. The van der Waals surface area contributed by atoms with Gasteiger partial charge in [-0.15, -0.1) is 12.3 Å². The fourth-order valence-electron chi connectivity index (χ4n) is 2.19. The lowest BCUT2D eigenvalue weighted by Gasteiger charge is -2.09. The Bertz CT molecular complexity index is 186. The van der Waals surface area contributed by atoms with Gasteiger partial charge in [-0.25, -0.2) is 0 Å². The van der Waals surface area contributed by atoms with E-state index in [0.717, 1.165) is 31.5 Å². The van der Waals surface area contributed by atoms with Crippen LogP contribution < -0.4 is 5.73 Å². The van der Waals surface area contributed by atoms with Crippen LogP contribution >= 0.6 is 0 Å². The monoisotopic (exact) mass is 151 g/mol. The molecule has 1 heterocycles. The van der Waals surface area contributed by atoms with Crippen LogP contribution in [0.5, 0.6) is 0 Å². The first-order valence-corrected chi connectivity index (χ1v) is 4.11. The molecule has 2 N–H and O–H groups in total. The Morgan fingerprint density at radius 2 is 2.18 bits per heavy atom. The number of fused-ring (bicyclic) bond motifs is 1. The number of nitrogens with two attached hydrogens (primary N) is 1. The Kier molecular flexibility index (Phi) is 1.63. The van der Waals surface area contributed by atoms with Gasteiger partial charge >= 0.3 is 0 Å². The maximum Gasteiger partial charge on any atom is 0.0501 e. The van der Waals surface area contributed by atoms with Crippen molar-refractivity contribution < 1.29 is 4.74 Å². The van der Waals surface area contributed by atoms with Gasteiger partial charge in [-0.1, -0.05) is 0 Å². The molecule has 0 aromatic carbocycles. The van der Waals surface area contributed by atoms with E-state index in [9.17, 15) is 0 Å². The second-order valence-corrected chi connectivity index (χ2v) is 3.51. The first-order valence-electron chi connectivity index (χ1n) is 4.11. The fourth-order valence-corrected chi connectivity index (χ4v) is 2.19. The van der Waals surface area contributed by atoms with Crippen LogP contribution in [0.3, 0.4) is 0 Å². The number of ether oxygens (including phenoxy) is 1. The van der Waals surface area contributed by atoms with E-state index in [1.54, 1.807) is 0 Å². The zero-order chi connectivity index (χ0) is 7.84. The summed E-state index contributed by atoms with van der Waals surface area (Å²) in [6.07, 6.45) is 5.90. The zero-order valence-corrected chi connectivity index (χ0v) is 6.49. The predicted octanol–water partition coefficient (Wildman–Crippen LogP) is 0.229. The van der Waals surface area contributed by atoms with Crippen molar-refractivity contribution in [3.8, 4) is 12.3 Å². The molecule has 0 spiro atoms. The fraction of sp³-hybridized carbons (Fsp3) is 0.778. The Balaban J connectivity index is 1.86. The van der Waals surface area contributed by atoms with Crippen molar-refractivity contribution in [3.63, 3.8) is 0 Å². The molecule has 1 aliphatic carbocycles.